The number of aromatic nitrogens is 1. The van der Waals surface area contributed by atoms with E-state index in [0.717, 1.165) is 22.1 Å². The van der Waals surface area contributed by atoms with E-state index in [1.807, 2.05) is 36.4 Å². The molecule has 0 radical (unpaired) electrons. The highest BCUT2D eigenvalue weighted by Crippen LogP contribution is 2.23. The standard InChI is InChI=1S/C17H18N2O4S/c1-11-17(12(2)23-19-11)24(20,21)18-10-13-4-5-15-9-16(22-3)7-6-14(15)8-13/h4-9,18H,10H2,1-3H3. The average Bonchev–Trinajstić information content (AvgIpc) is 2.91. The third-order valence-corrected chi connectivity index (χ3v) is 5.46. The van der Waals surface area contributed by atoms with E-state index in [1.54, 1.807) is 21.0 Å². The first-order chi connectivity index (χ1) is 11.4. The van der Waals surface area contributed by atoms with Crippen LogP contribution in [0, 0.1) is 13.8 Å². The fourth-order valence-electron chi connectivity index (χ4n) is 2.62. The van der Waals surface area contributed by atoms with E-state index in [1.165, 1.54) is 0 Å². The molecular formula is C17H18N2O4S. The molecule has 126 valence electrons. The van der Waals surface area contributed by atoms with Gasteiger partial charge in [0.2, 0.25) is 10.0 Å². The molecule has 0 saturated carbocycles. The van der Waals surface area contributed by atoms with E-state index in [9.17, 15) is 8.42 Å². The zero-order valence-electron chi connectivity index (χ0n) is 13.7. The first-order valence-corrected chi connectivity index (χ1v) is 8.88. The van der Waals surface area contributed by atoms with E-state index in [2.05, 4.69) is 9.88 Å². The molecule has 1 heterocycles. The number of benzene rings is 2. The number of nitrogens with zero attached hydrogens (tertiary/aromatic N) is 1. The van der Waals surface area contributed by atoms with Crippen LogP contribution in [0.2, 0.25) is 0 Å². The molecule has 0 bridgehead atoms. The number of hydrogen-bond donors (Lipinski definition) is 1. The average molecular weight is 346 g/mol. The Hall–Kier alpha value is -2.38. The molecule has 0 spiro atoms. The van der Waals surface area contributed by atoms with Gasteiger partial charge < -0.3 is 9.26 Å². The summed E-state index contributed by atoms with van der Waals surface area (Å²) >= 11 is 0. The molecule has 24 heavy (non-hydrogen) atoms. The first-order valence-electron chi connectivity index (χ1n) is 7.40. The van der Waals surface area contributed by atoms with Crippen molar-refractivity contribution >= 4 is 20.8 Å². The van der Waals surface area contributed by atoms with E-state index in [0.29, 0.717) is 5.69 Å². The molecule has 2 aromatic carbocycles. The van der Waals surface area contributed by atoms with Gasteiger partial charge >= 0.3 is 0 Å². The van der Waals surface area contributed by atoms with Crippen molar-refractivity contribution in [1.82, 2.24) is 9.88 Å². The van der Waals surface area contributed by atoms with Crippen molar-refractivity contribution in [2.75, 3.05) is 7.11 Å². The molecule has 3 rings (SSSR count). The van der Waals surface area contributed by atoms with Gasteiger partial charge in [-0.2, -0.15) is 0 Å². The molecule has 6 nitrogen and oxygen atoms in total. The van der Waals surface area contributed by atoms with Crippen LogP contribution in [0.3, 0.4) is 0 Å². The SMILES string of the molecule is COc1ccc2cc(CNS(=O)(=O)c3c(C)noc3C)ccc2c1. The van der Waals surface area contributed by atoms with Crippen LogP contribution in [0.5, 0.6) is 5.75 Å². The largest absolute Gasteiger partial charge is 0.497 e. The number of aryl methyl sites for hydroxylation is 2. The maximum Gasteiger partial charge on any atom is 0.246 e. The summed E-state index contributed by atoms with van der Waals surface area (Å²) in [7, 11) is -2.04. The lowest BCUT2D eigenvalue weighted by Crippen LogP contribution is -2.24. The molecule has 0 saturated heterocycles. The number of sulfonamides is 1. The number of fused-ring (bicyclic) bond motifs is 1. The summed E-state index contributed by atoms with van der Waals surface area (Å²) in [5.74, 6) is 1.07. The van der Waals surface area contributed by atoms with Gasteiger partial charge in [0.1, 0.15) is 16.3 Å². The van der Waals surface area contributed by atoms with Crippen LogP contribution in [0.25, 0.3) is 10.8 Å². The minimum atomic E-state index is -3.67. The van der Waals surface area contributed by atoms with Gasteiger partial charge in [-0.25, -0.2) is 13.1 Å². The third-order valence-electron chi connectivity index (χ3n) is 3.81. The van der Waals surface area contributed by atoms with Crippen LogP contribution in [-0.2, 0) is 16.6 Å². The molecule has 1 N–H and O–H groups in total. The van der Waals surface area contributed by atoms with E-state index in [-0.39, 0.29) is 17.2 Å². The number of ether oxygens (including phenoxy) is 1. The van der Waals surface area contributed by atoms with Gasteiger partial charge in [-0.3, -0.25) is 0 Å². The Morgan fingerprint density at radius 2 is 1.83 bits per heavy atom. The summed E-state index contributed by atoms with van der Waals surface area (Å²) in [4.78, 5) is 0.105. The summed E-state index contributed by atoms with van der Waals surface area (Å²) in [6.45, 7) is 3.38. The van der Waals surface area contributed by atoms with Crippen LogP contribution >= 0.6 is 0 Å². The second kappa shape index (κ2) is 6.26. The van der Waals surface area contributed by atoms with Gasteiger partial charge in [0.15, 0.2) is 5.76 Å². The van der Waals surface area contributed by atoms with Gasteiger partial charge in [0.25, 0.3) is 0 Å². The molecule has 0 aliphatic carbocycles. The monoisotopic (exact) mass is 346 g/mol. The van der Waals surface area contributed by atoms with Gasteiger partial charge in [0.05, 0.1) is 7.11 Å². The minimum Gasteiger partial charge on any atom is -0.497 e. The number of methoxy groups -OCH3 is 1. The molecule has 1 aromatic heterocycles. The predicted molar refractivity (Wildman–Crippen MR) is 90.5 cm³/mol. The Balaban J connectivity index is 1.83. The first kappa shape index (κ1) is 16.5. The quantitative estimate of drug-likeness (QED) is 0.768. The highest BCUT2D eigenvalue weighted by Gasteiger charge is 2.23. The Morgan fingerprint density at radius 3 is 2.50 bits per heavy atom. The Labute approximate surface area is 140 Å². The minimum absolute atomic E-state index is 0.105. The lowest BCUT2D eigenvalue weighted by Gasteiger charge is -2.08. The molecule has 7 heteroatoms. The van der Waals surface area contributed by atoms with Crippen molar-refractivity contribution in [2.24, 2.45) is 0 Å². The second-order valence-electron chi connectivity index (χ2n) is 5.53. The molecule has 0 fully saturated rings. The van der Waals surface area contributed by atoms with E-state index in [4.69, 9.17) is 9.26 Å². The maximum atomic E-state index is 12.4. The third kappa shape index (κ3) is 3.13. The van der Waals surface area contributed by atoms with Gasteiger partial charge in [-0.15, -0.1) is 0 Å². The van der Waals surface area contributed by atoms with Crippen molar-refractivity contribution in [2.45, 2.75) is 25.3 Å². The Kier molecular flexibility index (Phi) is 4.29. The van der Waals surface area contributed by atoms with Gasteiger partial charge in [-0.05, 0) is 48.4 Å². The van der Waals surface area contributed by atoms with Crippen molar-refractivity contribution in [3.8, 4) is 5.75 Å². The lowest BCUT2D eigenvalue weighted by atomic mass is 10.1. The summed E-state index contributed by atoms with van der Waals surface area (Å²) in [5, 5.41) is 5.74. The van der Waals surface area contributed by atoms with E-state index >= 15 is 0 Å². The van der Waals surface area contributed by atoms with Gasteiger partial charge in [-0.1, -0.05) is 23.4 Å². The van der Waals surface area contributed by atoms with Crippen molar-refractivity contribution < 1.29 is 17.7 Å². The Bertz CT molecular complexity index is 973. The summed E-state index contributed by atoms with van der Waals surface area (Å²) in [5.41, 5.74) is 1.22. The molecule has 0 aliphatic heterocycles. The molecule has 0 amide bonds. The topological polar surface area (TPSA) is 81.4 Å². The van der Waals surface area contributed by atoms with Crippen LogP contribution in [0.15, 0.2) is 45.8 Å². The fourth-order valence-corrected chi connectivity index (χ4v) is 3.96. The maximum absolute atomic E-state index is 12.4. The smallest absolute Gasteiger partial charge is 0.246 e. The lowest BCUT2D eigenvalue weighted by molar-refractivity contribution is 0.390. The fraction of sp³-hybridized carbons (Fsp3) is 0.235. The number of rotatable bonds is 5. The van der Waals surface area contributed by atoms with Crippen LogP contribution < -0.4 is 9.46 Å². The van der Waals surface area contributed by atoms with Crippen molar-refractivity contribution in [3.63, 3.8) is 0 Å². The van der Waals surface area contributed by atoms with Crippen LogP contribution in [0.1, 0.15) is 17.0 Å². The van der Waals surface area contributed by atoms with Gasteiger partial charge in [0, 0.05) is 6.54 Å². The summed E-state index contributed by atoms with van der Waals surface area (Å²) in [6.07, 6.45) is 0. The van der Waals surface area contributed by atoms with Crippen molar-refractivity contribution in [1.29, 1.82) is 0 Å². The number of nitrogens with one attached hydrogen (secondary N) is 1. The zero-order chi connectivity index (χ0) is 17.3. The van der Waals surface area contributed by atoms with E-state index < -0.39 is 10.0 Å². The summed E-state index contributed by atoms with van der Waals surface area (Å²) in [6, 6.07) is 11.5. The highest BCUT2D eigenvalue weighted by molar-refractivity contribution is 7.89. The highest BCUT2D eigenvalue weighted by atomic mass is 32.2. The zero-order valence-corrected chi connectivity index (χ0v) is 14.5. The molecule has 0 unspecified atom stereocenters. The predicted octanol–water partition coefficient (Wildman–Crippen LogP) is 2.93. The molecule has 3 aromatic rings. The molecular weight excluding hydrogens is 328 g/mol. The van der Waals surface area contributed by atoms with Crippen molar-refractivity contribution in [3.05, 3.63) is 53.4 Å². The Morgan fingerprint density at radius 1 is 1.12 bits per heavy atom. The molecule has 0 aliphatic rings. The van der Waals surface area contributed by atoms with Crippen LogP contribution in [0.4, 0.5) is 0 Å². The second-order valence-corrected chi connectivity index (χ2v) is 7.23. The van der Waals surface area contributed by atoms with Crippen LogP contribution in [-0.4, -0.2) is 20.7 Å². The summed E-state index contributed by atoms with van der Waals surface area (Å²) < 4.78 is 37.6. The molecule has 0 atom stereocenters. The number of hydrogen-bond acceptors (Lipinski definition) is 5. The normalized spacial score (nSPS) is 11.8.